The number of nitrogens with zero attached hydrogens (tertiary/aromatic N) is 2. The molecule has 0 saturated heterocycles. The van der Waals surface area contributed by atoms with Crippen LogP contribution in [0.25, 0.3) is 10.2 Å². The van der Waals surface area contributed by atoms with Crippen LogP contribution in [0.2, 0.25) is 0 Å². The molecule has 0 radical (unpaired) electrons. The van der Waals surface area contributed by atoms with Crippen molar-refractivity contribution in [2.24, 2.45) is 4.99 Å². The molecule has 1 aromatic heterocycles. The number of aromatic nitrogens is 1. The van der Waals surface area contributed by atoms with Crippen molar-refractivity contribution in [1.29, 1.82) is 0 Å². The van der Waals surface area contributed by atoms with Crippen molar-refractivity contribution >= 4 is 55.1 Å². The van der Waals surface area contributed by atoms with Crippen molar-refractivity contribution in [2.45, 2.75) is 13.0 Å². The summed E-state index contributed by atoms with van der Waals surface area (Å²) in [6.07, 6.45) is 0. The molecule has 24 heavy (non-hydrogen) atoms. The predicted octanol–water partition coefficient (Wildman–Crippen LogP) is 2.39. The quantitative estimate of drug-likeness (QED) is 0.788. The third-order valence-electron chi connectivity index (χ3n) is 3.38. The molecule has 2 aromatic rings. The molecule has 1 N–H and O–H groups in total. The first kappa shape index (κ1) is 17.4. The number of thiazole rings is 1. The summed E-state index contributed by atoms with van der Waals surface area (Å²) in [5.41, 5.74) is 0.835. The normalized spacial score (nSPS) is 18.5. The van der Waals surface area contributed by atoms with E-state index in [4.69, 9.17) is 9.84 Å². The van der Waals surface area contributed by atoms with Gasteiger partial charge in [0.25, 0.3) is 0 Å². The molecule has 128 valence electrons. The largest absolute Gasteiger partial charge is 0.493 e. The van der Waals surface area contributed by atoms with E-state index in [0.29, 0.717) is 28.9 Å². The zero-order chi connectivity index (χ0) is 17.1. The monoisotopic (exact) mass is 384 g/mol. The summed E-state index contributed by atoms with van der Waals surface area (Å²) in [4.78, 5) is 19.7. The highest BCUT2D eigenvalue weighted by Crippen LogP contribution is 2.31. The van der Waals surface area contributed by atoms with Crippen LogP contribution in [0.3, 0.4) is 0 Å². The van der Waals surface area contributed by atoms with Crippen LogP contribution in [-0.4, -0.2) is 55.2 Å². The predicted molar refractivity (Wildman–Crippen MR) is 99.1 cm³/mol. The van der Waals surface area contributed by atoms with E-state index >= 15 is 0 Å². The van der Waals surface area contributed by atoms with E-state index in [1.165, 1.54) is 23.1 Å². The number of thioether (sulfide) groups is 1. The van der Waals surface area contributed by atoms with Crippen LogP contribution >= 0.6 is 23.1 Å². The molecule has 0 fully saturated rings. The molecule has 1 aliphatic rings. The zero-order valence-electron chi connectivity index (χ0n) is 12.9. The van der Waals surface area contributed by atoms with Gasteiger partial charge in [-0.05, 0) is 18.2 Å². The fourth-order valence-corrected chi connectivity index (χ4v) is 4.75. The van der Waals surface area contributed by atoms with E-state index in [1.807, 2.05) is 25.1 Å². The van der Waals surface area contributed by atoms with Gasteiger partial charge in [-0.15, -0.1) is 23.1 Å². The van der Waals surface area contributed by atoms with Gasteiger partial charge in [-0.3, -0.25) is 9.20 Å². The second-order valence-electron chi connectivity index (χ2n) is 5.03. The van der Waals surface area contributed by atoms with Gasteiger partial charge in [0.1, 0.15) is 15.8 Å². The van der Waals surface area contributed by atoms with E-state index in [1.54, 1.807) is 0 Å². The van der Waals surface area contributed by atoms with Crippen molar-refractivity contribution < 1.29 is 18.8 Å². The van der Waals surface area contributed by atoms with Gasteiger partial charge in [0.05, 0.1) is 22.6 Å². The Hall–Kier alpha value is -1.45. The lowest BCUT2D eigenvalue weighted by molar-refractivity contribution is -0.137. The Balaban J connectivity index is 1.73. The minimum Gasteiger partial charge on any atom is -0.493 e. The number of fused-ring (bicyclic) bond motifs is 1. The Morgan fingerprint density at radius 2 is 2.33 bits per heavy atom. The van der Waals surface area contributed by atoms with Gasteiger partial charge in [-0.25, -0.2) is 9.78 Å². The number of rotatable bonds is 7. The number of aliphatic imine (C=N–C) groups is 1. The summed E-state index contributed by atoms with van der Waals surface area (Å²) < 4.78 is 18.0. The molecule has 2 unspecified atom stereocenters. The Kier molecular flexibility index (Phi) is 5.52. The fraction of sp³-hybridized carbons (Fsp3) is 0.400. The maximum Gasteiger partial charge on any atom is 0.329 e. The van der Waals surface area contributed by atoms with Crippen molar-refractivity contribution in [3.63, 3.8) is 0 Å². The maximum atomic E-state index is 11.4. The topological polar surface area (TPSA) is 88.9 Å². The van der Waals surface area contributed by atoms with Gasteiger partial charge < -0.3 is 9.84 Å². The Labute approximate surface area is 149 Å². The van der Waals surface area contributed by atoms with Crippen molar-refractivity contribution in [3.05, 3.63) is 23.2 Å². The molecule has 9 heteroatoms. The fourth-order valence-electron chi connectivity index (χ4n) is 2.10. The van der Waals surface area contributed by atoms with Crippen LogP contribution in [-0.2, 0) is 15.6 Å². The Morgan fingerprint density at radius 1 is 1.50 bits per heavy atom. The molecule has 0 saturated carbocycles. The zero-order valence-corrected chi connectivity index (χ0v) is 15.4. The van der Waals surface area contributed by atoms with Crippen LogP contribution in [0.1, 0.15) is 11.9 Å². The van der Waals surface area contributed by atoms with Gasteiger partial charge in [-0.2, -0.15) is 0 Å². The highest BCUT2D eigenvalue weighted by Gasteiger charge is 2.26. The molecule has 0 spiro atoms. The second kappa shape index (κ2) is 7.62. The van der Waals surface area contributed by atoms with E-state index < -0.39 is 22.8 Å². The molecular weight excluding hydrogens is 368 g/mol. The SMILES string of the molecule is CCS(=O)CCOc1ccc2nc(C3=NC(C(=O)O)CS3)sc2c1. The number of ether oxygens (including phenoxy) is 1. The molecular formula is C15H16N2O4S3. The lowest BCUT2D eigenvalue weighted by atomic mass is 10.3. The Bertz CT molecular complexity index is 818. The van der Waals surface area contributed by atoms with Gasteiger partial charge in [0.15, 0.2) is 6.04 Å². The molecule has 0 amide bonds. The van der Waals surface area contributed by atoms with Crippen LogP contribution in [0.15, 0.2) is 23.2 Å². The first-order valence-electron chi connectivity index (χ1n) is 7.39. The summed E-state index contributed by atoms with van der Waals surface area (Å²) in [5, 5.41) is 10.4. The molecule has 6 nitrogen and oxygen atoms in total. The smallest absolute Gasteiger partial charge is 0.329 e. The standard InChI is InChI=1S/C15H16N2O4S3/c1-2-24(20)6-5-21-9-3-4-10-12(7-9)23-14(16-10)13-17-11(8-22-13)15(18)19/h3-4,7,11H,2,5-6,8H2,1H3,(H,18,19). The summed E-state index contributed by atoms with van der Waals surface area (Å²) >= 11 is 2.89. The summed E-state index contributed by atoms with van der Waals surface area (Å²) in [7, 11) is -0.834. The van der Waals surface area contributed by atoms with Crippen molar-refractivity contribution in [3.8, 4) is 5.75 Å². The third kappa shape index (κ3) is 3.96. The van der Waals surface area contributed by atoms with E-state index in [9.17, 15) is 9.00 Å². The number of carboxylic acid groups (broad SMARTS) is 1. The summed E-state index contributed by atoms with van der Waals surface area (Å²) in [6, 6.07) is 4.93. The maximum absolute atomic E-state index is 11.4. The molecule has 0 aliphatic carbocycles. The van der Waals surface area contributed by atoms with Gasteiger partial charge in [0, 0.05) is 22.3 Å². The molecule has 2 atom stereocenters. The van der Waals surface area contributed by atoms with Crippen LogP contribution in [0.4, 0.5) is 0 Å². The van der Waals surface area contributed by atoms with E-state index in [2.05, 4.69) is 9.98 Å². The number of hydrogen-bond acceptors (Lipinski definition) is 7. The number of carboxylic acids is 1. The number of hydrogen-bond donors (Lipinski definition) is 1. The first-order valence-corrected chi connectivity index (χ1v) is 10.7. The lowest BCUT2D eigenvalue weighted by Gasteiger charge is -2.05. The second-order valence-corrected chi connectivity index (χ2v) is 8.93. The van der Waals surface area contributed by atoms with Gasteiger partial charge >= 0.3 is 5.97 Å². The van der Waals surface area contributed by atoms with Crippen molar-refractivity contribution in [1.82, 2.24) is 4.98 Å². The first-order chi connectivity index (χ1) is 11.6. The van der Waals surface area contributed by atoms with Crippen molar-refractivity contribution in [2.75, 3.05) is 23.9 Å². The lowest BCUT2D eigenvalue weighted by Crippen LogP contribution is -2.17. The average Bonchev–Trinajstić information content (AvgIpc) is 3.20. The number of carbonyl (C=O) groups is 1. The molecule has 3 rings (SSSR count). The highest BCUT2D eigenvalue weighted by atomic mass is 32.2. The minimum atomic E-state index is -0.904. The van der Waals surface area contributed by atoms with Crippen LogP contribution < -0.4 is 4.74 Å². The van der Waals surface area contributed by atoms with Crippen LogP contribution in [0.5, 0.6) is 5.75 Å². The van der Waals surface area contributed by atoms with Gasteiger partial charge in [-0.1, -0.05) is 6.92 Å². The van der Waals surface area contributed by atoms with E-state index in [-0.39, 0.29) is 0 Å². The molecule has 2 heterocycles. The average molecular weight is 385 g/mol. The molecule has 0 bridgehead atoms. The van der Waals surface area contributed by atoms with Gasteiger partial charge in [0.2, 0.25) is 0 Å². The molecule has 1 aromatic carbocycles. The Morgan fingerprint density at radius 3 is 3.04 bits per heavy atom. The number of aliphatic carboxylic acids is 1. The minimum absolute atomic E-state index is 0.417. The molecule has 1 aliphatic heterocycles. The highest BCUT2D eigenvalue weighted by molar-refractivity contribution is 8.15. The summed E-state index contributed by atoms with van der Waals surface area (Å²) in [6.45, 7) is 2.31. The summed E-state index contributed by atoms with van der Waals surface area (Å²) in [5.74, 6) is 1.42. The third-order valence-corrected chi connectivity index (χ3v) is 6.86. The van der Waals surface area contributed by atoms with E-state index in [0.717, 1.165) is 21.0 Å². The van der Waals surface area contributed by atoms with Crippen LogP contribution in [0, 0.1) is 0 Å². The number of benzene rings is 1.